The molecule has 0 aromatic carbocycles. The van der Waals surface area contributed by atoms with Crippen LogP contribution in [0.2, 0.25) is 0 Å². The molecule has 2 bridgehead atoms. The highest BCUT2D eigenvalue weighted by molar-refractivity contribution is 7.86. The maximum absolute atomic E-state index is 12.3. The smallest absolute Gasteiger partial charge is 0.268 e. The van der Waals surface area contributed by atoms with Gasteiger partial charge in [-0.15, -0.1) is 0 Å². The Bertz CT molecular complexity index is 534. The van der Waals surface area contributed by atoms with Gasteiger partial charge in [-0.25, -0.2) is 0 Å². The van der Waals surface area contributed by atoms with E-state index in [-0.39, 0.29) is 35.1 Å². The molecule has 5 nitrogen and oxygen atoms in total. The predicted molar refractivity (Wildman–Crippen MR) is 73.6 cm³/mol. The standard InChI is InChI=1S/C14H22O5S/c1-4-11(15)8-19-20(17,18)9-14-6-5-10(7-12(14)16)13(14,2)3/h10H,4-9H2,1-3H3. The first-order valence-electron chi connectivity index (χ1n) is 7.07. The Kier molecular flexibility index (Phi) is 3.84. The van der Waals surface area contributed by atoms with E-state index in [1.807, 2.05) is 13.8 Å². The number of Topliss-reactive ketones (excluding diaryl/α,β-unsaturated/α-hetero) is 2. The molecule has 2 saturated carbocycles. The molecule has 2 fully saturated rings. The van der Waals surface area contributed by atoms with Crippen LogP contribution in [0.5, 0.6) is 0 Å². The molecular formula is C14H22O5S. The lowest BCUT2D eigenvalue weighted by molar-refractivity contribution is -0.128. The van der Waals surface area contributed by atoms with Crippen molar-refractivity contribution in [3.63, 3.8) is 0 Å². The molecule has 2 unspecified atom stereocenters. The minimum Gasteiger partial charge on any atom is -0.299 e. The summed E-state index contributed by atoms with van der Waals surface area (Å²) in [6, 6.07) is 0. The SMILES string of the molecule is CCC(=O)COS(=O)(=O)CC12CCC(CC1=O)C2(C)C. The van der Waals surface area contributed by atoms with Gasteiger partial charge in [-0.1, -0.05) is 20.8 Å². The zero-order chi connectivity index (χ0) is 15.2. The Balaban J connectivity index is 2.16. The molecule has 0 aliphatic heterocycles. The Labute approximate surface area is 120 Å². The number of hydrogen-bond acceptors (Lipinski definition) is 5. The number of ketones is 2. The minimum absolute atomic E-state index is 0.0349. The monoisotopic (exact) mass is 302 g/mol. The van der Waals surface area contributed by atoms with Gasteiger partial charge in [0.05, 0.1) is 11.2 Å². The van der Waals surface area contributed by atoms with Crippen LogP contribution in [0.15, 0.2) is 0 Å². The van der Waals surface area contributed by atoms with E-state index in [0.29, 0.717) is 12.8 Å². The Hall–Kier alpha value is -0.750. The van der Waals surface area contributed by atoms with Crippen molar-refractivity contribution in [1.29, 1.82) is 0 Å². The molecule has 0 spiro atoms. The van der Waals surface area contributed by atoms with Crippen LogP contribution in [0.4, 0.5) is 0 Å². The number of hydrogen-bond donors (Lipinski definition) is 0. The van der Waals surface area contributed by atoms with E-state index in [4.69, 9.17) is 4.18 Å². The summed E-state index contributed by atoms with van der Waals surface area (Å²) in [6.07, 6.45) is 2.21. The fourth-order valence-corrected chi connectivity index (χ4v) is 5.38. The minimum atomic E-state index is -3.86. The summed E-state index contributed by atoms with van der Waals surface area (Å²) in [4.78, 5) is 23.4. The van der Waals surface area contributed by atoms with Crippen molar-refractivity contribution in [3.8, 4) is 0 Å². The summed E-state index contributed by atoms with van der Waals surface area (Å²) in [5.74, 6) is -0.248. The van der Waals surface area contributed by atoms with Gasteiger partial charge in [-0.05, 0) is 24.2 Å². The second-order valence-corrected chi connectivity index (χ2v) is 8.16. The molecule has 0 aromatic rings. The zero-order valence-corrected chi connectivity index (χ0v) is 13.1. The molecule has 20 heavy (non-hydrogen) atoms. The van der Waals surface area contributed by atoms with Crippen LogP contribution in [0, 0.1) is 16.7 Å². The summed E-state index contributed by atoms with van der Waals surface area (Å²) in [7, 11) is -3.86. The average molecular weight is 302 g/mol. The summed E-state index contributed by atoms with van der Waals surface area (Å²) < 4.78 is 29.0. The molecule has 2 aliphatic rings. The fourth-order valence-electron chi connectivity index (χ4n) is 3.71. The summed E-state index contributed by atoms with van der Waals surface area (Å²) >= 11 is 0. The van der Waals surface area contributed by atoms with Gasteiger partial charge in [0.25, 0.3) is 10.1 Å². The second-order valence-electron chi connectivity index (χ2n) is 6.52. The third-order valence-corrected chi connectivity index (χ3v) is 6.68. The first-order chi connectivity index (χ1) is 9.14. The van der Waals surface area contributed by atoms with E-state index in [0.717, 1.165) is 6.42 Å². The first-order valence-corrected chi connectivity index (χ1v) is 8.64. The van der Waals surface area contributed by atoms with Gasteiger partial charge in [0.15, 0.2) is 5.78 Å². The lowest BCUT2D eigenvalue weighted by atomic mass is 9.70. The summed E-state index contributed by atoms with van der Waals surface area (Å²) in [6.45, 7) is 5.18. The Morgan fingerprint density at radius 3 is 2.50 bits per heavy atom. The Morgan fingerprint density at radius 1 is 1.40 bits per heavy atom. The highest BCUT2D eigenvalue weighted by Crippen LogP contribution is 2.64. The van der Waals surface area contributed by atoms with Crippen molar-refractivity contribution in [1.82, 2.24) is 0 Å². The third kappa shape index (κ3) is 2.33. The largest absolute Gasteiger partial charge is 0.299 e. The van der Waals surface area contributed by atoms with Crippen molar-refractivity contribution < 1.29 is 22.2 Å². The van der Waals surface area contributed by atoms with Gasteiger partial charge >= 0.3 is 0 Å². The summed E-state index contributed by atoms with van der Waals surface area (Å²) in [5.41, 5.74) is -1.14. The van der Waals surface area contributed by atoms with Gasteiger partial charge < -0.3 is 0 Å². The van der Waals surface area contributed by atoms with Gasteiger partial charge in [-0.2, -0.15) is 8.42 Å². The molecule has 2 atom stereocenters. The highest BCUT2D eigenvalue weighted by atomic mass is 32.2. The molecule has 114 valence electrons. The predicted octanol–water partition coefficient (Wildman–Crippen LogP) is 1.71. The quantitative estimate of drug-likeness (QED) is 0.698. The topological polar surface area (TPSA) is 77.5 Å². The number of carbonyl (C=O) groups is 2. The van der Waals surface area contributed by atoms with Crippen LogP contribution >= 0.6 is 0 Å². The number of rotatable bonds is 6. The van der Waals surface area contributed by atoms with Crippen molar-refractivity contribution in [2.24, 2.45) is 16.7 Å². The molecule has 0 aromatic heterocycles. The first kappa shape index (κ1) is 15.6. The van der Waals surface area contributed by atoms with E-state index in [9.17, 15) is 18.0 Å². The summed E-state index contributed by atoms with van der Waals surface area (Å²) in [5, 5.41) is 0. The van der Waals surface area contributed by atoms with E-state index in [2.05, 4.69) is 0 Å². The van der Waals surface area contributed by atoms with E-state index >= 15 is 0 Å². The highest BCUT2D eigenvalue weighted by Gasteiger charge is 2.65. The lowest BCUT2D eigenvalue weighted by Crippen LogP contribution is -2.42. The van der Waals surface area contributed by atoms with Gasteiger partial charge in [0, 0.05) is 12.8 Å². The molecule has 2 rings (SSSR count). The second kappa shape index (κ2) is 4.91. The molecule has 2 aliphatic carbocycles. The maximum atomic E-state index is 12.3. The van der Waals surface area contributed by atoms with Gasteiger partial charge in [0.2, 0.25) is 0 Å². The fraction of sp³-hybridized carbons (Fsp3) is 0.857. The van der Waals surface area contributed by atoms with Crippen LogP contribution in [0.3, 0.4) is 0 Å². The molecule has 0 amide bonds. The average Bonchev–Trinajstić information content (AvgIpc) is 2.69. The van der Waals surface area contributed by atoms with Gasteiger partial charge in [0.1, 0.15) is 12.4 Å². The van der Waals surface area contributed by atoms with Crippen molar-refractivity contribution in [3.05, 3.63) is 0 Å². The molecule has 6 heteroatoms. The maximum Gasteiger partial charge on any atom is 0.268 e. The Morgan fingerprint density at radius 2 is 2.05 bits per heavy atom. The van der Waals surface area contributed by atoms with Gasteiger partial charge in [-0.3, -0.25) is 13.8 Å². The van der Waals surface area contributed by atoms with Crippen molar-refractivity contribution in [2.75, 3.05) is 12.4 Å². The lowest BCUT2D eigenvalue weighted by Gasteiger charge is -2.35. The van der Waals surface area contributed by atoms with Crippen LogP contribution in [-0.2, 0) is 23.9 Å². The van der Waals surface area contributed by atoms with Crippen LogP contribution in [0.1, 0.15) is 46.5 Å². The van der Waals surface area contributed by atoms with Crippen LogP contribution in [-0.4, -0.2) is 32.3 Å². The van der Waals surface area contributed by atoms with E-state index < -0.39 is 22.1 Å². The molecular weight excluding hydrogens is 280 g/mol. The van der Waals surface area contributed by atoms with Crippen LogP contribution in [0.25, 0.3) is 0 Å². The zero-order valence-electron chi connectivity index (χ0n) is 12.3. The molecule has 0 N–H and O–H groups in total. The van der Waals surface area contributed by atoms with Crippen LogP contribution < -0.4 is 0 Å². The normalized spacial score (nSPS) is 31.8. The number of carbonyl (C=O) groups excluding carboxylic acids is 2. The van der Waals surface area contributed by atoms with Crippen molar-refractivity contribution >= 4 is 21.7 Å². The van der Waals surface area contributed by atoms with E-state index in [1.165, 1.54) is 0 Å². The number of fused-ring (bicyclic) bond motifs is 2. The van der Waals surface area contributed by atoms with Crippen molar-refractivity contribution in [2.45, 2.75) is 46.5 Å². The molecule has 0 saturated heterocycles. The van der Waals surface area contributed by atoms with E-state index in [1.54, 1.807) is 6.92 Å². The molecule has 0 heterocycles. The third-order valence-electron chi connectivity index (χ3n) is 5.36. The molecule has 0 radical (unpaired) electrons.